The topological polar surface area (TPSA) is 15.0 Å². The molecular weight excluding hydrogens is 112 g/mol. The number of hydrogen-bond donors (Lipinski definition) is 1. The first-order chi connectivity index (χ1) is 4.42. The van der Waals surface area contributed by atoms with Gasteiger partial charge in [-0.2, -0.15) is 0 Å². The maximum Gasteiger partial charge on any atom is 0.0351 e. The van der Waals surface area contributed by atoms with E-state index < -0.39 is 0 Å². The van der Waals surface area contributed by atoms with Crippen molar-refractivity contribution in [1.82, 2.24) is 10.2 Å². The molecule has 2 atom stereocenters. The first-order valence-electron chi connectivity index (χ1n) is 3.82. The van der Waals surface area contributed by atoms with Crippen LogP contribution in [0.1, 0.15) is 12.8 Å². The first-order valence-corrected chi connectivity index (χ1v) is 3.82. The molecule has 0 aromatic rings. The van der Waals surface area contributed by atoms with E-state index in [4.69, 9.17) is 0 Å². The fraction of sp³-hybridized carbons (Fsp3) is 1.00. The number of hydrogen-bond acceptors (Lipinski definition) is 2. The molecule has 0 aromatic carbocycles. The molecule has 52 valence electrons. The summed E-state index contributed by atoms with van der Waals surface area (Å²) in [5, 5.41) is 3.20. The van der Waals surface area contributed by atoms with Gasteiger partial charge in [0.1, 0.15) is 0 Å². The standard InChI is InChI=1S/C7H14N2/c1-8-4-7-5-9(7)6-2-3-6/h6-8H,2-5H2,1H3. The highest BCUT2D eigenvalue weighted by molar-refractivity contribution is 5.00. The van der Waals surface area contributed by atoms with Crippen LogP contribution < -0.4 is 5.32 Å². The minimum Gasteiger partial charge on any atom is -0.318 e. The van der Waals surface area contributed by atoms with Crippen molar-refractivity contribution in [3.63, 3.8) is 0 Å². The second-order valence-electron chi connectivity index (χ2n) is 3.14. The van der Waals surface area contributed by atoms with Crippen LogP contribution in [-0.4, -0.2) is 37.1 Å². The van der Waals surface area contributed by atoms with E-state index in [1.54, 1.807) is 0 Å². The minimum absolute atomic E-state index is 0.891. The SMILES string of the molecule is CNCC1CN1C1CC1. The highest BCUT2D eigenvalue weighted by Crippen LogP contribution is 2.35. The van der Waals surface area contributed by atoms with E-state index in [-0.39, 0.29) is 0 Å². The second-order valence-corrected chi connectivity index (χ2v) is 3.14. The Balaban J connectivity index is 1.69. The van der Waals surface area contributed by atoms with E-state index in [1.807, 2.05) is 7.05 Å². The lowest BCUT2D eigenvalue weighted by atomic mass is 10.5. The third-order valence-corrected chi connectivity index (χ3v) is 2.21. The van der Waals surface area contributed by atoms with Gasteiger partial charge in [-0.25, -0.2) is 0 Å². The van der Waals surface area contributed by atoms with Crippen molar-refractivity contribution in [2.75, 3.05) is 20.1 Å². The molecule has 2 unspecified atom stereocenters. The molecule has 0 bridgehead atoms. The molecule has 0 radical (unpaired) electrons. The van der Waals surface area contributed by atoms with Gasteiger partial charge in [-0.05, 0) is 19.9 Å². The Morgan fingerprint density at radius 1 is 1.56 bits per heavy atom. The van der Waals surface area contributed by atoms with Gasteiger partial charge in [-0.15, -0.1) is 0 Å². The lowest BCUT2D eigenvalue weighted by Crippen LogP contribution is -2.18. The lowest BCUT2D eigenvalue weighted by Gasteiger charge is -1.97. The van der Waals surface area contributed by atoms with Gasteiger partial charge >= 0.3 is 0 Å². The van der Waals surface area contributed by atoms with Crippen molar-refractivity contribution in [2.24, 2.45) is 0 Å². The smallest absolute Gasteiger partial charge is 0.0351 e. The molecule has 1 heterocycles. The summed E-state index contributed by atoms with van der Waals surface area (Å²) in [7, 11) is 2.03. The molecule has 1 N–H and O–H groups in total. The van der Waals surface area contributed by atoms with Crippen LogP contribution in [-0.2, 0) is 0 Å². The Morgan fingerprint density at radius 2 is 2.33 bits per heavy atom. The maximum atomic E-state index is 3.20. The van der Waals surface area contributed by atoms with Gasteiger partial charge < -0.3 is 5.32 Å². The first kappa shape index (κ1) is 5.69. The lowest BCUT2D eigenvalue weighted by molar-refractivity contribution is 0.487. The molecule has 9 heavy (non-hydrogen) atoms. The number of likely N-dealkylation sites (N-methyl/N-ethyl adjacent to an activating group) is 1. The molecule has 0 spiro atoms. The fourth-order valence-electron chi connectivity index (χ4n) is 1.47. The van der Waals surface area contributed by atoms with E-state index >= 15 is 0 Å². The van der Waals surface area contributed by atoms with E-state index in [9.17, 15) is 0 Å². The summed E-state index contributed by atoms with van der Waals surface area (Å²) in [4.78, 5) is 2.59. The summed E-state index contributed by atoms with van der Waals surface area (Å²) in [6.07, 6.45) is 2.92. The molecule has 1 aliphatic heterocycles. The van der Waals surface area contributed by atoms with Crippen molar-refractivity contribution in [1.29, 1.82) is 0 Å². The highest BCUT2D eigenvalue weighted by Gasteiger charge is 2.43. The Morgan fingerprint density at radius 3 is 2.89 bits per heavy atom. The van der Waals surface area contributed by atoms with E-state index in [1.165, 1.54) is 25.9 Å². The maximum absolute atomic E-state index is 3.20. The Labute approximate surface area is 56.2 Å². The zero-order chi connectivity index (χ0) is 6.27. The zero-order valence-corrected chi connectivity index (χ0v) is 5.93. The summed E-state index contributed by atoms with van der Waals surface area (Å²) in [6, 6.07) is 1.88. The number of rotatable bonds is 3. The normalized spacial score (nSPS) is 41.0. The number of nitrogens with one attached hydrogen (secondary N) is 1. The Bertz CT molecular complexity index is 109. The van der Waals surface area contributed by atoms with Crippen molar-refractivity contribution in [3.8, 4) is 0 Å². The fourth-order valence-corrected chi connectivity index (χ4v) is 1.47. The van der Waals surface area contributed by atoms with Crippen LogP contribution in [0, 0.1) is 0 Å². The second kappa shape index (κ2) is 1.96. The monoisotopic (exact) mass is 126 g/mol. The van der Waals surface area contributed by atoms with Crippen molar-refractivity contribution in [3.05, 3.63) is 0 Å². The quantitative estimate of drug-likeness (QED) is 0.537. The van der Waals surface area contributed by atoms with Crippen LogP contribution in [0.3, 0.4) is 0 Å². The summed E-state index contributed by atoms with van der Waals surface area (Å²) < 4.78 is 0. The van der Waals surface area contributed by atoms with E-state index in [2.05, 4.69) is 10.2 Å². The molecule has 2 rings (SSSR count). The third-order valence-electron chi connectivity index (χ3n) is 2.21. The molecule has 0 amide bonds. The van der Waals surface area contributed by atoms with Crippen LogP contribution in [0.2, 0.25) is 0 Å². The molecule has 0 aromatic heterocycles. The van der Waals surface area contributed by atoms with Crippen LogP contribution in [0.25, 0.3) is 0 Å². The largest absolute Gasteiger partial charge is 0.318 e. The number of nitrogens with zero attached hydrogens (tertiary/aromatic N) is 1. The zero-order valence-electron chi connectivity index (χ0n) is 5.93. The molecule has 2 heteroatoms. The summed E-state index contributed by atoms with van der Waals surface area (Å²) in [5.74, 6) is 0. The molecule has 1 saturated carbocycles. The molecule has 1 saturated heterocycles. The predicted octanol–water partition coefficient (Wildman–Crippen LogP) is 0.0524. The summed E-state index contributed by atoms with van der Waals surface area (Å²) >= 11 is 0. The van der Waals surface area contributed by atoms with Gasteiger partial charge in [0.2, 0.25) is 0 Å². The minimum atomic E-state index is 0.891. The average molecular weight is 126 g/mol. The van der Waals surface area contributed by atoms with Crippen molar-refractivity contribution in [2.45, 2.75) is 24.9 Å². The third kappa shape index (κ3) is 1.10. The van der Waals surface area contributed by atoms with Crippen LogP contribution in [0.5, 0.6) is 0 Å². The van der Waals surface area contributed by atoms with Gasteiger partial charge in [0.15, 0.2) is 0 Å². The van der Waals surface area contributed by atoms with Crippen LogP contribution >= 0.6 is 0 Å². The molecule has 1 aliphatic carbocycles. The van der Waals surface area contributed by atoms with Gasteiger partial charge in [-0.1, -0.05) is 0 Å². The molecule has 2 nitrogen and oxygen atoms in total. The van der Waals surface area contributed by atoms with Crippen molar-refractivity contribution < 1.29 is 0 Å². The van der Waals surface area contributed by atoms with E-state index in [0.29, 0.717) is 0 Å². The molecular formula is C7H14N2. The Hall–Kier alpha value is -0.0800. The molecule has 2 fully saturated rings. The van der Waals surface area contributed by atoms with Gasteiger partial charge in [-0.3, -0.25) is 4.90 Å². The summed E-state index contributed by atoms with van der Waals surface area (Å²) in [5.41, 5.74) is 0. The van der Waals surface area contributed by atoms with E-state index in [0.717, 1.165) is 12.1 Å². The van der Waals surface area contributed by atoms with Gasteiger partial charge in [0, 0.05) is 25.2 Å². The highest BCUT2D eigenvalue weighted by atomic mass is 15.4. The molecule has 2 aliphatic rings. The van der Waals surface area contributed by atoms with Gasteiger partial charge in [0.05, 0.1) is 0 Å². The van der Waals surface area contributed by atoms with Crippen LogP contribution in [0.15, 0.2) is 0 Å². The van der Waals surface area contributed by atoms with Crippen LogP contribution in [0.4, 0.5) is 0 Å². The summed E-state index contributed by atoms with van der Waals surface area (Å²) in [6.45, 7) is 2.54. The Kier molecular flexibility index (Phi) is 1.24. The van der Waals surface area contributed by atoms with Crippen molar-refractivity contribution >= 4 is 0 Å². The average Bonchev–Trinajstić information content (AvgIpc) is 2.58. The predicted molar refractivity (Wildman–Crippen MR) is 37.4 cm³/mol. The van der Waals surface area contributed by atoms with Gasteiger partial charge in [0.25, 0.3) is 0 Å².